The van der Waals surface area contributed by atoms with Crippen molar-refractivity contribution in [3.05, 3.63) is 45.0 Å². The number of fused-ring (bicyclic) bond motifs is 1. The number of hydrogen-bond acceptors (Lipinski definition) is 7. The van der Waals surface area contributed by atoms with Crippen molar-refractivity contribution in [2.45, 2.75) is 77.6 Å². The number of carbonyl (C=O) groups is 1. The molecule has 0 saturated heterocycles. The summed E-state index contributed by atoms with van der Waals surface area (Å²) in [6.45, 7) is 7.43. The topological polar surface area (TPSA) is 81.7 Å². The first-order valence-electron chi connectivity index (χ1n) is 12.4. The average Bonchev–Trinajstić information content (AvgIpc) is 3.39. The van der Waals surface area contributed by atoms with Gasteiger partial charge in [-0.25, -0.2) is 4.99 Å². The molecule has 0 aliphatic carbocycles. The Kier molecular flexibility index (Phi) is 9.84. The van der Waals surface area contributed by atoms with Crippen LogP contribution in [0.1, 0.15) is 65.1 Å². The summed E-state index contributed by atoms with van der Waals surface area (Å²) in [6.07, 6.45) is 7.29. The molecule has 0 N–H and O–H groups in total. The molecule has 1 aromatic heterocycles. The Labute approximate surface area is 229 Å². The first-order valence-corrected chi connectivity index (χ1v) is 15.0. The second-order valence-corrected chi connectivity index (χ2v) is 12.0. The second-order valence-electron chi connectivity index (χ2n) is 8.94. The minimum Gasteiger partial charge on any atom is -0.486 e. The van der Waals surface area contributed by atoms with E-state index in [0.717, 1.165) is 49.7 Å². The lowest BCUT2D eigenvalue weighted by molar-refractivity contribution is -0.118. The molecule has 192 valence electrons. The van der Waals surface area contributed by atoms with Crippen molar-refractivity contribution in [1.82, 2.24) is 14.8 Å². The highest BCUT2D eigenvalue weighted by atomic mass is 79.9. The summed E-state index contributed by atoms with van der Waals surface area (Å²) < 4.78 is 9.14. The van der Waals surface area contributed by atoms with Crippen LogP contribution in [-0.4, -0.2) is 37.3 Å². The fourth-order valence-corrected chi connectivity index (χ4v) is 6.33. The molecule has 0 radical (unpaired) electrons. The van der Waals surface area contributed by atoms with E-state index in [0.29, 0.717) is 18.2 Å². The molecule has 1 amide bonds. The van der Waals surface area contributed by atoms with Crippen molar-refractivity contribution in [2.75, 3.05) is 5.75 Å². The molecular formula is C26H32BrN5O2S2. The average molecular weight is 591 g/mol. The Morgan fingerprint density at radius 1 is 1.06 bits per heavy atom. The number of carbonyl (C=O) groups excluding carboxylic acids is 1. The Morgan fingerprint density at radius 2 is 1.81 bits per heavy atom. The van der Waals surface area contributed by atoms with Crippen LogP contribution in [0.4, 0.5) is 0 Å². The summed E-state index contributed by atoms with van der Waals surface area (Å²) in [4.78, 5) is 22.8. The standard InChI is InChI=1S/C26H32BrN5O2S2/c1-4-5-6-7-8-9-14-32-22(15-34-20-12-10-19(27)11-13-20)30-31-26(32)35-16-21-28-24(33)23-17(2)18(3)36-25(23)29-21/h10-13,23H,4-9,14-16H2,1-3H3. The number of benzene rings is 1. The van der Waals surface area contributed by atoms with Crippen LogP contribution in [0.15, 0.2) is 54.4 Å². The predicted molar refractivity (Wildman–Crippen MR) is 152 cm³/mol. The molecule has 2 aliphatic heterocycles. The van der Waals surface area contributed by atoms with Gasteiger partial charge in [-0.15, -0.1) is 10.2 Å². The van der Waals surface area contributed by atoms with Gasteiger partial charge in [-0.05, 0) is 55.0 Å². The molecule has 4 rings (SSSR count). The van der Waals surface area contributed by atoms with Crippen LogP contribution in [-0.2, 0) is 17.9 Å². The first kappa shape index (κ1) is 27.1. The van der Waals surface area contributed by atoms with E-state index in [-0.39, 0.29) is 11.8 Å². The molecule has 0 fully saturated rings. The summed E-state index contributed by atoms with van der Waals surface area (Å²) in [5.74, 6) is 2.20. The third-order valence-corrected chi connectivity index (χ3v) is 8.91. The fourth-order valence-electron chi connectivity index (χ4n) is 4.09. The molecule has 1 atom stereocenters. The number of amidine groups is 1. The Morgan fingerprint density at radius 3 is 2.58 bits per heavy atom. The quantitative estimate of drug-likeness (QED) is 0.183. The second kappa shape index (κ2) is 13.1. The lowest BCUT2D eigenvalue weighted by atomic mass is 10.0. The smallest absolute Gasteiger partial charge is 0.261 e. The van der Waals surface area contributed by atoms with Crippen LogP contribution >= 0.6 is 39.5 Å². The fraction of sp³-hybridized carbons (Fsp3) is 0.500. The Bertz CT molecular complexity index is 1170. The maximum absolute atomic E-state index is 12.6. The molecule has 0 bridgehead atoms. The van der Waals surface area contributed by atoms with Crippen LogP contribution in [0.5, 0.6) is 5.75 Å². The third-order valence-electron chi connectivity index (χ3n) is 6.26. The van der Waals surface area contributed by atoms with Gasteiger partial charge >= 0.3 is 0 Å². The number of rotatable bonds is 13. The van der Waals surface area contributed by atoms with Gasteiger partial charge < -0.3 is 9.30 Å². The number of aliphatic imine (C=N–C) groups is 2. The number of hydrogen-bond donors (Lipinski definition) is 0. The zero-order valence-electron chi connectivity index (χ0n) is 21.0. The van der Waals surface area contributed by atoms with E-state index in [2.05, 4.69) is 42.6 Å². The molecule has 10 heteroatoms. The van der Waals surface area contributed by atoms with Crippen LogP contribution in [0.25, 0.3) is 0 Å². The number of amides is 1. The van der Waals surface area contributed by atoms with E-state index in [1.54, 1.807) is 11.8 Å². The third kappa shape index (κ3) is 6.89. The Hall–Kier alpha value is -1.91. The molecule has 1 unspecified atom stereocenters. The number of allylic oxidation sites excluding steroid dienone is 1. The number of halogens is 1. The molecule has 1 aromatic carbocycles. The highest BCUT2D eigenvalue weighted by Crippen LogP contribution is 2.40. The molecular weight excluding hydrogens is 558 g/mol. The van der Waals surface area contributed by atoms with Crippen molar-refractivity contribution >= 4 is 56.2 Å². The summed E-state index contributed by atoms with van der Waals surface area (Å²) in [7, 11) is 0. The SMILES string of the molecule is CCCCCCCCn1c(COc2ccc(Br)cc2)nnc1SCC1=NC(=O)C2C(=N1)SC(C)=C2C. The van der Waals surface area contributed by atoms with Gasteiger partial charge in [0.15, 0.2) is 11.0 Å². The zero-order chi connectivity index (χ0) is 25.5. The zero-order valence-corrected chi connectivity index (χ0v) is 24.2. The molecule has 0 spiro atoms. The van der Waals surface area contributed by atoms with Crippen molar-refractivity contribution in [1.29, 1.82) is 0 Å². The van der Waals surface area contributed by atoms with E-state index < -0.39 is 0 Å². The molecule has 2 aliphatic rings. The van der Waals surface area contributed by atoms with Gasteiger partial charge in [-0.1, -0.05) is 78.5 Å². The summed E-state index contributed by atoms with van der Waals surface area (Å²) >= 11 is 6.56. The monoisotopic (exact) mass is 589 g/mol. The normalized spacial score (nSPS) is 17.3. The Balaban J connectivity index is 1.41. The first-order chi connectivity index (χ1) is 17.5. The van der Waals surface area contributed by atoms with Gasteiger partial charge in [0.25, 0.3) is 5.91 Å². The number of thioether (sulfide) groups is 2. The molecule has 7 nitrogen and oxygen atoms in total. The largest absolute Gasteiger partial charge is 0.486 e. The van der Waals surface area contributed by atoms with Gasteiger partial charge in [0.1, 0.15) is 24.1 Å². The summed E-state index contributed by atoms with van der Waals surface area (Å²) in [6, 6.07) is 7.77. The highest BCUT2D eigenvalue weighted by Gasteiger charge is 2.36. The maximum atomic E-state index is 12.6. The van der Waals surface area contributed by atoms with Gasteiger partial charge in [0, 0.05) is 11.0 Å². The van der Waals surface area contributed by atoms with Gasteiger partial charge in [-0.2, -0.15) is 4.99 Å². The predicted octanol–water partition coefficient (Wildman–Crippen LogP) is 7.07. The minimum absolute atomic E-state index is 0.116. The van der Waals surface area contributed by atoms with Crippen molar-refractivity contribution < 1.29 is 9.53 Å². The van der Waals surface area contributed by atoms with Gasteiger partial charge in [0.2, 0.25) is 0 Å². The highest BCUT2D eigenvalue weighted by molar-refractivity contribution is 9.10. The van der Waals surface area contributed by atoms with E-state index >= 15 is 0 Å². The number of nitrogens with zero attached hydrogens (tertiary/aromatic N) is 5. The lowest BCUT2D eigenvalue weighted by Gasteiger charge is -2.15. The van der Waals surface area contributed by atoms with E-state index in [1.165, 1.54) is 43.9 Å². The molecule has 3 heterocycles. The molecule has 0 saturated carbocycles. The minimum atomic E-state index is -0.289. The lowest BCUT2D eigenvalue weighted by Crippen LogP contribution is -2.25. The van der Waals surface area contributed by atoms with E-state index in [4.69, 9.17) is 9.73 Å². The number of unbranched alkanes of at least 4 members (excludes halogenated alkanes) is 5. The summed E-state index contributed by atoms with van der Waals surface area (Å²) in [5.41, 5.74) is 1.06. The summed E-state index contributed by atoms with van der Waals surface area (Å²) in [5, 5.41) is 10.5. The van der Waals surface area contributed by atoms with E-state index in [1.807, 2.05) is 38.1 Å². The maximum Gasteiger partial charge on any atom is 0.261 e. The van der Waals surface area contributed by atoms with Crippen LogP contribution < -0.4 is 4.74 Å². The van der Waals surface area contributed by atoms with Crippen molar-refractivity contribution in [3.8, 4) is 5.75 Å². The molecule has 2 aromatic rings. The number of aromatic nitrogens is 3. The van der Waals surface area contributed by atoms with Gasteiger partial charge in [0.05, 0.1) is 10.8 Å². The van der Waals surface area contributed by atoms with Crippen LogP contribution in [0.3, 0.4) is 0 Å². The van der Waals surface area contributed by atoms with Gasteiger partial charge in [-0.3, -0.25) is 4.79 Å². The molecule has 36 heavy (non-hydrogen) atoms. The number of ether oxygens (including phenoxy) is 1. The van der Waals surface area contributed by atoms with Crippen molar-refractivity contribution in [2.24, 2.45) is 15.9 Å². The van der Waals surface area contributed by atoms with Crippen LogP contribution in [0, 0.1) is 5.92 Å². The van der Waals surface area contributed by atoms with Crippen molar-refractivity contribution in [3.63, 3.8) is 0 Å². The van der Waals surface area contributed by atoms with E-state index in [9.17, 15) is 4.79 Å². The van der Waals surface area contributed by atoms with Crippen LogP contribution in [0.2, 0.25) is 0 Å².